The van der Waals surface area contributed by atoms with Crippen LogP contribution >= 0.6 is 0 Å². The lowest BCUT2D eigenvalue weighted by Crippen LogP contribution is -2.07. The minimum atomic E-state index is 0.663. The van der Waals surface area contributed by atoms with Gasteiger partial charge in [0.1, 0.15) is 6.07 Å². The molecule has 0 bridgehead atoms. The molecule has 0 fully saturated rings. The minimum Gasteiger partial charge on any atom is -0.378 e. The number of rotatable bonds is 3. The molecular formula is C13H14N4. The van der Waals surface area contributed by atoms with Crippen molar-refractivity contribution in [3.8, 4) is 6.07 Å². The van der Waals surface area contributed by atoms with Crippen molar-refractivity contribution in [3.05, 3.63) is 47.3 Å². The lowest BCUT2D eigenvalue weighted by Gasteiger charge is -2.11. The first-order chi connectivity index (χ1) is 8.22. The van der Waals surface area contributed by atoms with Crippen molar-refractivity contribution in [1.29, 1.82) is 5.26 Å². The van der Waals surface area contributed by atoms with Crippen LogP contribution in [0.15, 0.2) is 30.5 Å². The third kappa shape index (κ3) is 2.28. The minimum absolute atomic E-state index is 0.663. The molecule has 17 heavy (non-hydrogen) atoms. The Balaban J connectivity index is 2.20. The van der Waals surface area contributed by atoms with Gasteiger partial charge in [0.25, 0.3) is 0 Å². The van der Waals surface area contributed by atoms with Crippen LogP contribution < -0.4 is 5.32 Å². The quantitative estimate of drug-likeness (QED) is 0.873. The third-order valence-electron chi connectivity index (χ3n) is 2.76. The SMILES string of the molecule is Cc1cccc(C#N)c1NCc1ccnn1C. The molecule has 0 atom stereocenters. The summed E-state index contributed by atoms with van der Waals surface area (Å²) in [5.74, 6) is 0. The summed E-state index contributed by atoms with van der Waals surface area (Å²) in [6.45, 7) is 2.66. The average Bonchev–Trinajstić information content (AvgIpc) is 2.73. The van der Waals surface area contributed by atoms with E-state index in [4.69, 9.17) is 5.26 Å². The van der Waals surface area contributed by atoms with Gasteiger partial charge in [-0.1, -0.05) is 12.1 Å². The summed E-state index contributed by atoms with van der Waals surface area (Å²) in [5.41, 5.74) is 3.73. The zero-order valence-electron chi connectivity index (χ0n) is 9.94. The van der Waals surface area contributed by atoms with E-state index in [1.54, 1.807) is 6.20 Å². The van der Waals surface area contributed by atoms with Crippen LogP contribution in [0.1, 0.15) is 16.8 Å². The lowest BCUT2D eigenvalue weighted by atomic mass is 10.1. The summed E-state index contributed by atoms with van der Waals surface area (Å²) in [7, 11) is 1.90. The Kier molecular flexibility index (Phi) is 3.10. The molecule has 0 radical (unpaired) electrons. The number of para-hydroxylation sites is 1. The van der Waals surface area contributed by atoms with Crippen LogP contribution in [0.2, 0.25) is 0 Å². The molecule has 0 amide bonds. The van der Waals surface area contributed by atoms with E-state index in [0.29, 0.717) is 12.1 Å². The molecule has 0 saturated heterocycles. The molecule has 0 saturated carbocycles. The van der Waals surface area contributed by atoms with Gasteiger partial charge in [-0.05, 0) is 24.6 Å². The van der Waals surface area contributed by atoms with Gasteiger partial charge >= 0.3 is 0 Å². The van der Waals surface area contributed by atoms with Crippen LogP contribution in [0.3, 0.4) is 0 Å². The number of nitrogens with zero attached hydrogens (tertiary/aromatic N) is 3. The van der Waals surface area contributed by atoms with Gasteiger partial charge in [0.05, 0.1) is 23.5 Å². The van der Waals surface area contributed by atoms with Crippen molar-refractivity contribution in [2.75, 3.05) is 5.32 Å². The summed E-state index contributed by atoms with van der Waals surface area (Å²) in [5, 5.41) is 16.4. The average molecular weight is 226 g/mol. The molecule has 2 aromatic rings. The summed E-state index contributed by atoms with van der Waals surface area (Å²) in [6, 6.07) is 9.85. The second-order valence-electron chi connectivity index (χ2n) is 3.91. The predicted molar refractivity (Wildman–Crippen MR) is 66.4 cm³/mol. The topological polar surface area (TPSA) is 53.6 Å². The van der Waals surface area contributed by atoms with E-state index < -0.39 is 0 Å². The predicted octanol–water partition coefficient (Wildman–Crippen LogP) is 2.21. The second-order valence-corrected chi connectivity index (χ2v) is 3.91. The summed E-state index contributed by atoms with van der Waals surface area (Å²) >= 11 is 0. The van der Waals surface area contributed by atoms with E-state index in [9.17, 15) is 0 Å². The Labute approximate surface area is 100 Å². The molecule has 1 aromatic carbocycles. The van der Waals surface area contributed by atoms with Gasteiger partial charge in [0.15, 0.2) is 0 Å². The van der Waals surface area contributed by atoms with E-state index >= 15 is 0 Å². The van der Waals surface area contributed by atoms with Crippen LogP contribution in [0.5, 0.6) is 0 Å². The lowest BCUT2D eigenvalue weighted by molar-refractivity contribution is 0.720. The van der Waals surface area contributed by atoms with Gasteiger partial charge in [0.2, 0.25) is 0 Å². The van der Waals surface area contributed by atoms with Crippen molar-refractivity contribution >= 4 is 5.69 Å². The zero-order chi connectivity index (χ0) is 12.3. The maximum atomic E-state index is 9.05. The maximum Gasteiger partial charge on any atom is 0.101 e. The van der Waals surface area contributed by atoms with Gasteiger partial charge in [-0.25, -0.2) is 0 Å². The first-order valence-corrected chi connectivity index (χ1v) is 5.43. The highest BCUT2D eigenvalue weighted by atomic mass is 15.3. The smallest absolute Gasteiger partial charge is 0.101 e. The highest BCUT2D eigenvalue weighted by Gasteiger charge is 2.05. The number of nitrogens with one attached hydrogen (secondary N) is 1. The number of aromatic nitrogens is 2. The maximum absolute atomic E-state index is 9.05. The highest BCUT2D eigenvalue weighted by molar-refractivity contribution is 5.62. The van der Waals surface area contributed by atoms with Gasteiger partial charge < -0.3 is 5.32 Å². The van der Waals surface area contributed by atoms with E-state index in [2.05, 4.69) is 16.5 Å². The molecule has 0 aliphatic rings. The van der Waals surface area contributed by atoms with Crippen LogP contribution in [0.25, 0.3) is 0 Å². The molecule has 0 aliphatic carbocycles. The summed E-state index contributed by atoms with van der Waals surface area (Å²) < 4.78 is 1.82. The van der Waals surface area contributed by atoms with Crippen LogP contribution in [-0.2, 0) is 13.6 Å². The molecule has 86 valence electrons. The fraction of sp³-hybridized carbons (Fsp3) is 0.231. The molecule has 1 aromatic heterocycles. The van der Waals surface area contributed by atoms with Crippen molar-refractivity contribution in [3.63, 3.8) is 0 Å². The number of anilines is 1. The van der Waals surface area contributed by atoms with Gasteiger partial charge in [-0.15, -0.1) is 0 Å². The van der Waals surface area contributed by atoms with Gasteiger partial charge in [-0.3, -0.25) is 4.68 Å². The fourth-order valence-electron chi connectivity index (χ4n) is 1.75. The first-order valence-electron chi connectivity index (χ1n) is 5.43. The van der Waals surface area contributed by atoms with Crippen molar-refractivity contribution in [2.24, 2.45) is 7.05 Å². The molecular weight excluding hydrogens is 212 g/mol. The Hall–Kier alpha value is -2.28. The van der Waals surface area contributed by atoms with E-state index in [-0.39, 0.29) is 0 Å². The van der Waals surface area contributed by atoms with E-state index in [0.717, 1.165) is 16.9 Å². The van der Waals surface area contributed by atoms with Crippen LogP contribution in [0.4, 0.5) is 5.69 Å². The number of hydrogen-bond acceptors (Lipinski definition) is 3. The molecule has 0 spiro atoms. The normalized spacial score (nSPS) is 9.94. The zero-order valence-corrected chi connectivity index (χ0v) is 9.94. The standard InChI is InChI=1S/C13H14N4/c1-10-4-3-5-11(8-14)13(10)15-9-12-6-7-16-17(12)2/h3-7,15H,9H2,1-2H3. The Morgan fingerprint density at radius 3 is 2.88 bits per heavy atom. The third-order valence-corrected chi connectivity index (χ3v) is 2.76. The second kappa shape index (κ2) is 4.71. The molecule has 4 heteroatoms. The van der Waals surface area contributed by atoms with Gasteiger partial charge in [0, 0.05) is 13.2 Å². The largest absolute Gasteiger partial charge is 0.378 e. The molecule has 1 heterocycles. The summed E-state index contributed by atoms with van der Waals surface area (Å²) in [6.07, 6.45) is 1.76. The van der Waals surface area contributed by atoms with Crippen molar-refractivity contribution in [1.82, 2.24) is 9.78 Å². The molecule has 0 unspecified atom stereocenters. The molecule has 2 rings (SSSR count). The Morgan fingerprint density at radius 1 is 1.41 bits per heavy atom. The number of hydrogen-bond donors (Lipinski definition) is 1. The molecule has 0 aliphatic heterocycles. The van der Waals surface area contributed by atoms with E-state index in [1.807, 2.05) is 42.9 Å². The summed E-state index contributed by atoms with van der Waals surface area (Å²) in [4.78, 5) is 0. The highest BCUT2D eigenvalue weighted by Crippen LogP contribution is 2.20. The molecule has 4 nitrogen and oxygen atoms in total. The fourth-order valence-corrected chi connectivity index (χ4v) is 1.75. The number of aryl methyl sites for hydroxylation is 2. The first kappa shape index (κ1) is 11.2. The van der Waals surface area contributed by atoms with Crippen molar-refractivity contribution in [2.45, 2.75) is 13.5 Å². The van der Waals surface area contributed by atoms with Gasteiger partial charge in [-0.2, -0.15) is 10.4 Å². The van der Waals surface area contributed by atoms with Crippen LogP contribution in [0, 0.1) is 18.3 Å². The van der Waals surface area contributed by atoms with E-state index in [1.165, 1.54) is 0 Å². The number of nitriles is 1. The van der Waals surface area contributed by atoms with Crippen molar-refractivity contribution < 1.29 is 0 Å². The molecule has 1 N–H and O–H groups in total. The Bertz CT molecular complexity index is 563. The Morgan fingerprint density at radius 2 is 2.24 bits per heavy atom. The number of benzene rings is 1. The van der Waals surface area contributed by atoms with Crippen LogP contribution in [-0.4, -0.2) is 9.78 Å². The monoisotopic (exact) mass is 226 g/mol.